The van der Waals surface area contributed by atoms with Crippen molar-refractivity contribution in [3.8, 4) is 0 Å². The van der Waals surface area contributed by atoms with Crippen LogP contribution in [0, 0.1) is 46.3 Å². The van der Waals surface area contributed by atoms with E-state index in [2.05, 4.69) is 20.8 Å². The molecule has 1 heterocycles. The molecule has 5 aliphatic rings. The van der Waals surface area contributed by atoms with Crippen LogP contribution in [-0.2, 0) is 14.3 Å². The molecular weight excluding hydrogens is 372 g/mol. The Morgan fingerprint density at radius 2 is 1.90 bits per heavy atom. The van der Waals surface area contributed by atoms with E-state index in [0.29, 0.717) is 47.3 Å². The van der Waals surface area contributed by atoms with Gasteiger partial charge in [-0.3, -0.25) is 9.59 Å². The van der Waals surface area contributed by atoms with Crippen molar-refractivity contribution in [2.75, 3.05) is 0 Å². The second-order valence-electron chi connectivity index (χ2n) is 12.2. The summed E-state index contributed by atoms with van der Waals surface area (Å²) in [5.41, 5.74) is 1.90. The van der Waals surface area contributed by atoms with E-state index in [4.69, 9.17) is 4.74 Å². The predicted molar refractivity (Wildman–Crippen MR) is 118 cm³/mol. The Morgan fingerprint density at radius 1 is 1.13 bits per heavy atom. The van der Waals surface area contributed by atoms with Gasteiger partial charge in [-0.25, -0.2) is 0 Å². The minimum atomic E-state index is 0.163. The van der Waals surface area contributed by atoms with Gasteiger partial charge in [0.25, 0.3) is 0 Å². The van der Waals surface area contributed by atoms with Gasteiger partial charge < -0.3 is 4.74 Å². The quantitative estimate of drug-likeness (QED) is 0.539. The first-order valence-electron chi connectivity index (χ1n) is 12.6. The monoisotopic (exact) mass is 412 g/mol. The van der Waals surface area contributed by atoms with Gasteiger partial charge in [0.2, 0.25) is 0 Å². The Hall–Kier alpha value is -0.960. The van der Waals surface area contributed by atoms with Gasteiger partial charge in [-0.2, -0.15) is 0 Å². The molecule has 1 aliphatic heterocycles. The van der Waals surface area contributed by atoms with Gasteiger partial charge in [0.15, 0.2) is 5.78 Å². The lowest BCUT2D eigenvalue weighted by Gasteiger charge is -2.57. The highest BCUT2D eigenvalue weighted by Gasteiger charge is 2.69. The van der Waals surface area contributed by atoms with E-state index in [1.165, 1.54) is 31.3 Å². The molecule has 1 saturated heterocycles. The average molecular weight is 413 g/mol. The number of ketones is 2. The number of carbonyl (C=O) groups is 2. The minimum Gasteiger partial charge on any atom is -0.365 e. The first kappa shape index (κ1) is 20.9. The number of rotatable bonds is 5. The SMILES string of the molecule is CC(C)C(=O)CC[C@H](C)C1CCC2C3C4OC4C4=CC(=O)CCC4(C)C3CCC21C. The zero-order valence-electron chi connectivity index (χ0n) is 19.6. The third kappa shape index (κ3) is 2.93. The van der Waals surface area contributed by atoms with Gasteiger partial charge in [-0.15, -0.1) is 0 Å². The molecule has 0 spiro atoms. The van der Waals surface area contributed by atoms with Crippen molar-refractivity contribution in [3.05, 3.63) is 11.6 Å². The molecular formula is C27H40O3. The second-order valence-corrected chi connectivity index (χ2v) is 12.2. The Balaban J connectivity index is 1.36. The van der Waals surface area contributed by atoms with Crippen LogP contribution in [0.15, 0.2) is 11.6 Å². The van der Waals surface area contributed by atoms with Crippen LogP contribution in [0.5, 0.6) is 0 Å². The summed E-state index contributed by atoms with van der Waals surface area (Å²) in [6, 6.07) is 0. The smallest absolute Gasteiger partial charge is 0.155 e. The molecule has 0 N–H and O–H groups in total. The van der Waals surface area contributed by atoms with E-state index >= 15 is 0 Å². The van der Waals surface area contributed by atoms with Crippen LogP contribution in [0.2, 0.25) is 0 Å². The summed E-state index contributed by atoms with van der Waals surface area (Å²) in [6.45, 7) is 11.5. The molecule has 0 radical (unpaired) electrons. The van der Waals surface area contributed by atoms with Crippen LogP contribution in [0.1, 0.15) is 86.0 Å². The van der Waals surface area contributed by atoms with Gasteiger partial charge in [-0.05, 0) is 90.6 Å². The number of ether oxygens (including phenoxy) is 1. The highest BCUT2D eigenvalue weighted by molar-refractivity contribution is 5.92. The van der Waals surface area contributed by atoms with Crippen LogP contribution < -0.4 is 0 Å². The molecule has 4 fully saturated rings. The van der Waals surface area contributed by atoms with Gasteiger partial charge in [0.1, 0.15) is 11.9 Å². The fraction of sp³-hybridized carbons (Fsp3) is 0.852. The largest absolute Gasteiger partial charge is 0.365 e. The van der Waals surface area contributed by atoms with Crippen molar-refractivity contribution >= 4 is 11.6 Å². The lowest BCUT2D eigenvalue weighted by molar-refractivity contribution is -0.122. The average Bonchev–Trinajstić information content (AvgIpc) is 3.41. The Labute approximate surface area is 182 Å². The van der Waals surface area contributed by atoms with Gasteiger partial charge in [0.05, 0.1) is 6.10 Å². The highest BCUT2D eigenvalue weighted by Crippen LogP contribution is 2.70. The van der Waals surface area contributed by atoms with E-state index in [1.54, 1.807) is 0 Å². The van der Waals surface area contributed by atoms with Crippen LogP contribution in [-0.4, -0.2) is 23.8 Å². The summed E-state index contributed by atoms with van der Waals surface area (Å²) in [4.78, 5) is 24.3. The Kier molecular flexibility index (Phi) is 4.89. The van der Waals surface area contributed by atoms with Gasteiger partial charge in [0, 0.05) is 18.8 Å². The number of hydrogen-bond donors (Lipinski definition) is 0. The molecule has 3 saturated carbocycles. The maximum atomic E-state index is 12.2. The number of hydrogen-bond acceptors (Lipinski definition) is 3. The standard InChI is InChI=1S/C27H40O3/c1-15(2)22(29)9-6-16(3)18-7-8-19-23-20(11-13-26(18,19)4)27(5)12-10-17(28)14-21(27)24-25(23)30-24/h14-16,18-20,23-25H,6-13H2,1-5H3/t16-,18?,19?,20?,23?,24?,25?,26?,27?/m0/s1. The first-order valence-corrected chi connectivity index (χ1v) is 12.6. The molecule has 0 aromatic heterocycles. The zero-order chi connectivity index (χ0) is 21.4. The summed E-state index contributed by atoms with van der Waals surface area (Å²) in [5, 5.41) is 0. The molecule has 0 aromatic carbocycles. The van der Waals surface area contributed by atoms with E-state index in [1.807, 2.05) is 19.9 Å². The second kappa shape index (κ2) is 7.02. The fourth-order valence-corrected chi connectivity index (χ4v) is 8.64. The van der Waals surface area contributed by atoms with E-state index in [-0.39, 0.29) is 17.4 Å². The third-order valence-corrected chi connectivity index (χ3v) is 10.5. The molecule has 5 rings (SSSR count). The normalized spacial score (nSPS) is 47.7. The van der Waals surface area contributed by atoms with E-state index in [9.17, 15) is 9.59 Å². The summed E-state index contributed by atoms with van der Waals surface area (Å²) >= 11 is 0. The lowest BCUT2D eigenvalue weighted by atomic mass is 9.46. The fourth-order valence-electron chi connectivity index (χ4n) is 8.64. The summed E-state index contributed by atoms with van der Waals surface area (Å²) < 4.78 is 6.32. The summed E-state index contributed by atoms with van der Waals surface area (Å²) in [7, 11) is 0. The van der Waals surface area contributed by atoms with Crippen molar-refractivity contribution in [1.82, 2.24) is 0 Å². The molecule has 3 heteroatoms. The van der Waals surface area contributed by atoms with Crippen LogP contribution in [0.4, 0.5) is 0 Å². The molecule has 4 aliphatic carbocycles. The zero-order valence-corrected chi connectivity index (χ0v) is 19.6. The highest BCUT2D eigenvalue weighted by atomic mass is 16.6. The van der Waals surface area contributed by atoms with Crippen LogP contribution in [0.25, 0.3) is 0 Å². The van der Waals surface area contributed by atoms with E-state index in [0.717, 1.165) is 31.1 Å². The molecule has 166 valence electrons. The topological polar surface area (TPSA) is 46.7 Å². The Bertz CT molecular complexity index is 781. The number of fused-ring (bicyclic) bond motifs is 8. The molecule has 3 nitrogen and oxygen atoms in total. The van der Waals surface area contributed by atoms with Crippen molar-refractivity contribution in [2.24, 2.45) is 46.3 Å². The molecule has 30 heavy (non-hydrogen) atoms. The molecule has 0 amide bonds. The minimum absolute atomic E-state index is 0.163. The molecule has 0 bridgehead atoms. The Morgan fingerprint density at radius 3 is 2.63 bits per heavy atom. The first-order chi connectivity index (χ1) is 14.2. The summed E-state index contributed by atoms with van der Waals surface area (Å²) in [5.74, 6) is 4.34. The van der Waals surface area contributed by atoms with E-state index < -0.39 is 0 Å². The number of epoxide rings is 1. The van der Waals surface area contributed by atoms with Crippen molar-refractivity contribution in [3.63, 3.8) is 0 Å². The maximum Gasteiger partial charge on any atom is 0.155 e. The van der Waals surface area contributed by atoms with Gasteiger partial charge >= 0.3 is 0 Å². The molecule has 8 unspecified atom stereocenters. The van der Waals surface area contributed by atoms with Gasteiger partial charge in [-0.1, -0.05) is 34.6 Å². The molecule has 9 atom stereocenters. The van der Waals surface area contributed by atoms with Crippen LogP contribution in [0.3, 0.4) is 0 Å². The predicted octanol–water partition coefficient (Wildman–Crippen LogP) is 5.76. The summed E-state index contributed by atoms with van der Waals surface area (Å²) in [6.07, 6.45) is 11.3. The van der Waals surface area contributed by atoms with Crippen molar-refractivity contribution < 1.29 is 14.3 Å². The number of Topliss-reactive ketones (excluding diaryl/α,β-unsaturated/α-hetero) is 1. The number of carbonyl (C=O) groups excluding carboxylic acids is 2. The lowest BCUT2D eigenvalue weighted by Crippen LogP contribution is -2.53. The maximum absolute atomic E-state index is 12.2. The third-order valence-electron chi connectivity index (χ3n) is 10.5. The van der Waals surface area contributed by atoms with Crippen LogP contribution >= 0.6 is 0 Å². The molecule has 0 aromatic rings. The van der Waals surface area contributed by atoms with Crippen molar-refractivity contribution in [1.29, 1.82) is 0 Å². The van der Waals surface area contributed by atoms with Crippen molar-refractivity contribution in [2.45, 2.75) is 98.2 Å².